The van der Waals surface area contributed by atoms with Crippen molar-refractivity contribution >= 4 is 23.3 Å². The van der Waals surface area contributed by atoms with Gasteiger partial charge in [0.2, 0.25) is 0 Å². The molecule has 6 heteroatoms. The molecule has 1 aromatic heterocycles. The van der Waals surface area contributed by atoms with E-state index < -0.39 is 12.0 Å². The molecule has 2 heterocycles. The lowest BCUT2D eigenvalue weighted by atomic mass is 10.0. The van der Waals surface area contributed by atoms with Gasteiger partial charge in [0.15, 0.2) is 0 Å². The molecule has 0 fully saturated rings. The molecular weight excluding hydrogens is 276 g/mol. The fraction of sp³-hybridized carbons (Fsp3) is 0.429. The van der Waals surface area contributed by atoms with Gasteiger partial charge in [-0.25, -0.2) is 9.59 Å². The molecule has 2 amide bonds. The number of hydrogen-bond acceptors (Lipinski definition) is 3. The van der Waals surface area contributed by atoms with E-state index in [1.165, 1.54) is 4.88 Å². The lowest BCUT2D eigenvalue weighted by Crippen LogP contribution is -2.50. The van der Waals surface area contributed by atoms with Crippen LogP contribution in [0.1, 0.15) is 29.8 Å². The van der Waals surface area contributed by atoms with E-state index in [9.17, 15) is 9.59 Å². The monoisotopic (exact) mass is 292 g/mol. The number of fused-ring (bicyclic) bond motifs is 1. The van der Waals surface area contributed by atoms with Crippen LogP contribution >= 0.6 is 11.3 Å². The number of nitrogens with zero attached hydrogens (tertiary/aromatic N) is 1. The largest absolute Gasteiger partial charge is 0.480 e. The van der Waals surface area contributed by atoms with Crippen LogP contribution < -0.4 is 5.32 Å². The predicted molar refractivity (Wildman–Crippen MR) is 76.5 cm³/mol. The van der Waals surface area contributed by atoms with Gasteiger partial charge in [-0.15, -0.1) is 23.7 Å². The predicted octanol–water partition coefficient (Wildman–Crippen LogP) is 1.85. The Labute approximate surface area is 121 Å². The van der Waals surface area contributed by atoms with Crippen LogP contribution in [0.2, 0.25) is 0 Å². The third-order valence-electron chi connectivity index (χ3n) is 3.46. The van der Waals surface area contributed by atoms with Gasteiger partial charge in [0, 0.05) is 17.8 Å². The molecule has 2 rings (SSSR count). The Hall–Kier alpha value is -2.00. The molecule has 0 saturated carbocycles. The van der Waals surface area contributed by atoms with Gasteiger partial charge in [0.1, 0.15) is 6.04 Å². The van der Waals surface area contributed by atoms with E-state index in [0.29, 0.717) is 6.54 Å². The first-order chi connectivity index (χ1) is 9.54. The second kappa shape index (κ2) is 5.97. The highest BCUT2D eigenvalue weighted by molar-refractivity contribution is 7.10. The first kappa shape index (κ1) is 14.4. The normalized spacial score (nSPS) is 18.8. The average molecular weight is 292 g/mol. The van der Waals surface area contributed by atoms with Crippen molar-refractivity contribution in [3.8, 4) is 12.3 Å². The summed E-state index contributed by atoms with van der Waals surface area (Å²) in [7, 11) is 0. The van der Waals surface area contributed by atoms with Crippen LogP contribution in [0.4, 0.5) is 4.79 Å². The van der Waals surface area contributed by atoms with E-state index in [1.54, 1.807) is 16.2 Å². The maximum absolute atomic E-state index is 12.2. The summed E-state index contributed by atoms with van der Waals surface area (Å²) < 4.78 is 0. The molecule has 0 aromatic carbocycles. The molecule has 106 valence electrons. The third-order valence-corrected chi connectivity index (χ3v) is 4.45. The van der Waals surface area contributed by atoms with Crippen molar-refractivity contribution in [2.75, 3.05) is 6.54 Å². The van der Waals surface area contributed by atoms with Crippen LogP contribution in [-0.2, 0) is 11.2 Å². The minimum atomic E-state index is -1.11. The molecule has 1 aliphatic heterocycles. The van der Waals surface area contributed by atoms with E-state index in [0.717, 1.165) is 12.0 Å². The first-order valence-electron chi connectivity index (χ1n) is 6.34. The Bertz CT molecular complexity index is 561. The van der Waals surface area contributed by atoms with E-state index in [-0.39, 0.29) is 18.5 Å². The lowest BCUT2D eigenvalue weighted by molar-refractivity contribution is -0.139. The van der Waals surface area contributed by atoms with Crippen molar-refractivity contribution in [3.05, 3.63) is 21.9 Å². The van der Waals surface area contributed by atoms with Gasteiger partial charge in [-0.05, 0) is 30.4 Å². The zero-order valence-electron chi connectivity index (χ0n) is 11.1. The van der Waals surface area contributed by atoms with Crippen LogP contribution in [0, 0.1) is 12.3 Å². The molecule has 0 radical (unpaired) electrons. The second-order valence-corrected chi connectivity index (χ2v) is 5.67. The number of amides is 2. The summed E-state index contributed by atoms with van der Waals surface area (Å²) in [6.45, 7) is 2.53. The molecule has 1 aliphatic rings. The Kier molecular flexibility index (Phi) is 4.30. The molecular formula is C14H16N2O3S. The zero-order chi connectivity index (χ0) is 14.7. The third kappa shape index (κ3) is 2.78. The Balaban J connectivity index is 2.07. The quantitative estimate of drug-likeness (QED) is 0.835. The van der Waals surface area contributed by atoms with Gasteiger partial charge in [-0.1, -0.05) is 0 Å². The Morgan fingerprint density at radius 3 is 3.10 bits per heavy atom. The van der Waals surface area contributed by atoms with E-state index in [2.05, 4.69) is 11.2 Å². The zero-order valence-corrected chi connectivity index (χ0v) is 11.9. The molecule has 1 aromatic rings. The SMILES string of the molecule is C#CCC(NC(=O)N1CCc2sccc2C1C)C(=O)O. The van der Waals surface area contributed by atoms with Crippen molar-refractivity contribution in [1.82, 2.24) is 10.2 Å². The van der Waals surface area contributed by atoms with Gasteiger partial charge in [0.25, 0.3) is 0 Å². The minimum Gasteiger partial charge on any atom is -0.480 e. The van der Waals surface area contributed by atoms with Gasteiger partial charge in [-0.2, -0.15) is 0 Å². The highest BCUT2D eigenvalue weighted by atomic mass is 32.1. The summed E-state index contributed by atoms with van der Waals surface area (Å²) in [4.78, 5) is 26.2. The standard InChI is InChI=1S/C14H16N2O3S/c1-3-4-11(13(17)18)15-14(19)16-7-5-12-10(9(16)2)6-8-20-12/h1,6,8-9,11H,4-5,7H2,2H3,(H,15,19)(H,17,18). The molecule has 20 heavy (non-hydrogen) atoms. The number of urea groups is 1. The number of nitrogens with one attached hydrogen (secondary N) is 1. The summed E-state index contributed by atoms with van der Waals surface area (Å²) >= 11 is 1.69. The number of terminal acetylenes is 1. The molecule has 0 spiro atoms. The number of carbonyl (C=O) groups is 2. The van der Waals surface area contributed by atoms with Crippen molar-refractivity contribution < 1.29 is 14.7 Å². The number of rotatable bonds is 3. The maximum Gasteiger partial charge on any atom is 0.327 e. The Morgan fingerprint density at radius 1 is 1.70 bits per heavy atom. The lowest BCUT2D eigenvalue weighted by Gasteiger charge is -2.34. The molecule has 2 unspecified atom stereocenters. The van der Waals surface area contributed by atoms with Crippen LogP contribution in [0.15, 0.2) is 11.4 Å². The smallest absolute Gasteiger partial charge is 0.327 e. The highest BCUT2D eigenvalue weighted by Gasteiger charge is 2.30. The number of hydrogen-bond donors (Lipinski definition) is 2. The van der Waals surface area contributed by atoms with Crippen LogP contribution in [0.3, 0.4) is 0 Å². The van der Waals surface area contributed by atoms with Crippen LogP contribution in [0.5, 0.6) is 0 Å². The summed E-state index contributed by atoms with van der Waals surface area (Å²) in [5.74, 6) is 1.15. The number of carboxylic acids is 1. The maximum atomic E-state index is 12.2. The van der Waals surface area contributed by atoms with Gasteiger partial charge in [0.05, 0.1) is 6.04 Å². The topological polar surface area (TPSA) is 69.6 Å². The minimum absolute atomic E-state index is 0.0208. The summed E-state index contributed by atoms with van der Waals surface area (Å²) in [5, 5.41) is 13.5. The van der Waals surface area contributed by atoms with Crippen molar-refractivity contribution in [3.63, 3.8) is 0 Å². The number of carboxylic acid groups (broad SMARTS) is 1. The molecule has 5 nitrogen and oxygen atoms in total. The Morgan fingerprint density at radius 2 is 2.45 bits per heavy atom. The number of thiophene rings is 1. The highest BCUT2D eigenvalue weighted by Crippen LogP contribution is 2.32. The average Bonchev–Trinajstić information content (AvgIpc) is 2.87. The van der Waals surface area contributed by atoms with Crippen molar-refractivity contribution in [2.24, 2.45) is 0 Å². The molecule has 2 N–H and O–H groups in total. The summed E-state index contributed by atoms with van der Waals surface area (Å²) in [5.41, 5.74) is 1.14. The van der Waals surface area contributed by atoms with Gasteiger partial charge >= 0.3 is 12.0 Å². The van der Waals surface area contributed by atoms with Crippen LogP contribution in [0.25, 0.3) is 0 Å². The van der Waals surface area contributed by atoms with Crippen LogP contribution in [-0.4, -0.2) is 34.6 Å². The van der Waals surface area contributed by atoms with Crippen molar-refractivity contribution in [2.45, 2.75) is 31.8 Å². The molecule has 0 aliphatic carbocycles. The summed E-state index contributed by atoms with van der Waals surface area (Å²) in [6.07, 6.45) is 5.90. The van der Waals surface area contributed by atoms with Gasteiger partial charge < -0.3 is 15.3 Å². The summed E-state index contributed by atoms with van der Waals surface area (Å²) in [6, 6.07) is 0.547. The fourth-order valence-corrected chi connectivity index (χ4v) is 3.30. The first-order valence-corrected chi connectivity index (χ1v) is 7.22. The number of carbonyl (C=O) groups excluding carboxylic acids is 1. The van der Waals surface area contributed by atoms with E-state index >= 15 is 0 Å². The van der Waals surface area contributed by atoms with E-state index in [4.69, 9.17) is 11.5 Å². The molecule has 0 saturated heterocycles. The van der Waals surface area contributed by atoms with Crippen molar-refractivity contribution in [1.29, 1.82) is 0 Å². The second-order valence-electron chi connectivity index (χ2n) is 4.67. The molecule has 0 bridgehead atoms. The van der Waals surface area contributed by atoms with Gasteiger partial charge in [-0.3, -0.25) is 0 Å². The number of aliphatic carboxylic acids is 1. The molecule has 2 atom stereocenters. The van der Waals surface area contributed by atoms with E-state index in [1.807, 2.05) is 18.4 Å². The fourth-order valence-electron chi connectivity index (χ4n) is 2.34.